The zero-order chi connectivity index (χ0) is 14.6. The van der Waals surface area contributed by atoms with Crippen molar-refractivity contribution >= 4 is 40.9 Å². The van der Waals surface area contributed by atoms with Crippen LogP contribution in [0.25, 0.3) is 0 Å². The first-order valence-corrected chi connectivity index (χ1v) is 6.32. The van der Waals surface area contributed by atoms with Crippen LogP contribution in [0.2, 0.25) is 10.0 Å². The van der Waals surface area contributed by atoms with Crippen molar-refractivity contribution in [1.82, 2.24) is 5.32 Å². The van der Waals surface area contributed by atoms with Crippen molar-refractivity contribution in [3.05, 3.63) is 28.2 Å². The number of carbonyl (C=O) groups is 2. The van der Waals surface area contributed by atoms with Gasteiger partial charge in [0.2, 0.25) is 0 Å². The molecule has 0 spiro atoms. The van der Waals surface area contributed by atoms with E-state index in [-0.39, 0.29) is 22.2 Å². The summed E-state index contributed by atoms with van der Waals surface area (Å²) in [5, 5.41) is 14.4. The van der Waals surface area contributed by atoms with Gasteiger partial charge in [-0.15, -0.1) is 0 Å². The highest BCUT2D eigenvalue weighted by molar-refractivity contribution is 6.39. The molecule has 7 heteroatoms. The molecule has 1 aromatic carbocycles. The molecule has 104 valence electrons. The van der Waals surface area contributed by atoms with Gasteiger partial charge in [0.25, 0.3) is 0 Å². The Morgan fingerprint density at radius 3 is 2.26 bits per heavy atom. The molecule has 0 saturated heterocycles. The van der Waals surface area contributed by atoms with Gasteiger partial charge in [0.05, 0.1) is 15.7 Å². The van der Waals surface area contributed by atoms with Crippen molar-refractivity contribution in [2.75, 3.05) is 5.32 Å². The minimum absolute atomic E-state index is 0.242. The Bertz CT molecular complexity index is 487. The van der Waals surface area contributed by atoms with Crippen molar-refractivity contribution in [2.24, 2.45) is 0 Å². The fraction of sp³-hybridized carbons (Fsp3) is 0.333. The summed E-state index contributed by atoms with van der Waals surface area (Å²) in [4.78, 5) is 22.9. The van der Waals surface area contributed by atoms with Crippen molar-refractivity contribution < 1.29 is 14.7 Å². The van der Waals surface area contributed by atoms with Gasteiger partial charge < -0.3 is 15.7 Å². The number of benzene rings is 1. The Morgan fingerprint density at radius 1 is 1.32 bits per heavy atom. The number of anilines is 1. The summed E-state index contributed by atoms with van der Waals surface area (Å²) in [6, 6.07) is 4.10. The highest BCUT2D eigenvalue weighted by Gasteiger charge is 2.32. The summed E-state index contributed by atoms with van der Waals surface area (Å²) in [6.07, 6.45) is 0.242. The number of carboxylic acid groups (broad SMARTS) is 1. The van der Waals surface area contributed by atoms with Crippen LogP contribution in [0, 0.1) is 0 Å². The molecule has 0 radical (unpaired) electrons. The smallest absolute Gasteiger partial charge is 0.329 e. The molecule has 3 N–H and O–H groups in total. The van der Waals surface area contributed by atoms with E-state index in [1.807, 2.05) is 0 Å². The van der Waals surface area contributed by atoms with Gasteiger partial charge in [-0.1, -0.05) is 36.2 Å². The van der Waals surface area contributed by atoms with Crippen LogP contribution in [0.5, 0.6) is 0 Å². The zero-order valence-electron chi connectivity index (χ0n) is 10.5. The van der Waals surface area contributed by atoms with Crippen LogP contribution in [0.1, 0.15) is 20.3 Å². The molecule has 0 aliphatic heterocycles. The van der Waals surface area contributed by atoms with Gasteiger partial charge >= 0.3 is 12.0 Å². The van der Waals surface area contributed by atoms with E-state index in [0.717, 1.165) is 0 Å². The number of carboxylic acids is 1. The van der Waals surface area contributed by atoms with E-state index in [1.54, 1.807) is 25.1 Å². The molecule has 0 bridgehead atoms. The Labute approximate surface area is 120 Å². The highest BCUT2D eigenvalue weighted by atomic mass is 35.5. The summed E-state index contributed by atoms with van der Waals surface area (Å²) in [5.74, 6) is -1.12. The summed E-state index contributed by atoms with van der Waals surface area (Å²) < 4.78 is 0. The summed E-state index contributed by atoms with van der Waals surface area (Å²) in [6.45, 7) is 3.08. The topological polar surface area (TPSA) is 78.4 Å². The Kier molecular flexibility index (Phi) is 5.03. The molecule has 0 aliphatic carbocycles. The summed E-state index contributed by atoms with van der Waals surface area (Å²) >= 11 is 11.8. The molecular weight excluding hydrogens is 291 g/mol. The number of hydrogen-bond acceptors (Lipinski definition) is 2. The van der Waals surface area contributed by atoms with E-state index in [2.05, 4.69) is 10.6 Å². The first kappa shape index (κ1) is 15.6. The number of para-hydroxylation sites is 1. The van der Waals surface area contributed by atoms with Crippen molar-refractivity contribution in [3.8, 4) is 0 Å². The van der Waals surface area contributed by atoms with Crippen LogP contribution in [0.4, 0.5) is 10.5 Å². The van der Waals surface area contributed by atoms with E-state index in [9.17, 15) is 9.59 Å². The number of hydrogen-bond donors (Lipinski definition) is 3. The van der Waals surface area contributed by atoms with Gasteiger partial charge in [-0.25, -0.2) is 9.59 Å². The van der Waals surface area contributed by atoms with E-state index in [0.29, 0.717) is 0 Å². The lowest BCUT2D eigenvalue weighted by molar-refractivity contribution is -0.143. The summed E-state index contributed by atoms with van der Waals surface area (Å²) in [7, 11) is 0. The lowest BCUT2D eigenvalue weighted by atomic mass is 10.00. The first-order valence-electron chi connectivity index (χ1n) is 5.56. The molecule has 0 aliphatic rings. The second-order valence-electron chi connectivity index (χ2n) is 4.17. The normalized spacial score (nSPS) is 13.5. The molecule has 0 fully saturated rings. The number of rotatable bonds is 4. The van der Waals surface area contributed by atoms with Crippen molar-refractivity contribution in [1.29, 1.82) is 0 Å². The third-order valence-corrected chi connectivity index (χ3v) is 3.40. The molecule has 5 nitrogen and oxygen atoms in total. The lowest BCUT2D eigenvalue weighted by Crippen LogP contribution is -2.53. The maximum Gasteiger partial charge on any atom is 0.329 e. The number of aliphatic carboxylic acids is 1. The maximum atomic E-state index is 11.8. The van der Waals surface area contributed by atoms with Gasteiger partial charge in [0.15, 0.2) is 0 Å². The number of nitrogens with one attached hydrogen (secondary N) is 2. The van der Waals surface area contributed by atoms with Crippen molar-refractivity contribution in [2.45, 2.75) is 25.8 Å². The minimum atomic E-state index is -1.35. The van der Waals surface area contributed by atoms with E-state index < -0.39 is 17.5 Å². The average Bonchev–Trinajstić information content (AvgIpc) is 2.33. The van der Waals surface area contributed by atoms with Crippen LogP contribution < -0.4 is 10.6 Å². The molecular formula is C12H14Cl2N2O3. The molecule has 2 amide bonds. The predicted octanol–water partition coefficient (Wildman–Crippen LogP) is 3.37. The van der Waals surface area contributed by atoms with Gasteiger partial charge in [-0.3, -0.25) is 0 Å². The van der Waals surface area contributed by atoms with E-state index >= 15 is 0 Å². The fourth-order valence-corrected chi connectivity index (χ4v) is 1.80. The van der Waals surface area contributed by atoms with Crippen LogP contribution in [0.3, 0.4) is 0 Å². The SMILES string of the molecule is CCC(C)(NC(=O)Nc1c(Cl)cccc1Cl)C(=O)O. The van der Waals surface area contributed by atoms with Crippen LogP contribution in [-0.2, 0) is 4.79 Å². The predicted molar refractivity (Wildman–Crippen MR) is 74.9 cm³/mol. The second kappa shape index (κ2) is 6.12. The number of carbonyl (C=O) groups excluding carboxylic acids is 1. The fourth-order valence-electron chi connectivity index (χ4n) is 1.31. The van der Waals surface area contributed by atoms with Gasteiger partial charge in [-0.05, 0) is 25.5 Å². The average molecular weight is 305 g/mol. The highest BCUT2D eigenvalue weighted by Crippen LogP contribution is 2.29. The van der Waals surface area contributed by atoms with Crippen LogP contribution in [0.15, 0.2) is 18.2 Å². The first-order chi connectivity index (χ1) is 8.80. The zero-order valence-corrected chi connectivity index (χ0v) is 12.0. The standard InChI is InChI=1S/C12H14Cl2N2O3/c1-3-12(2,10(17)18)16-11(19)15-9-7(13)5-4-6-8(9)14/h4-6H,3H2,1-2H3,(H,17,18)(H2,15,16,19). The maximum absolute atomic E-state index is 11.8. The largest absolute Gasteiger partial charge is 0.480 e. The molecule has 0 aromatic heterocycles. The van der Waals surface area contributed by atoms with Gasteiger partial charge in [-0.2, -0.15) is 0 Å². The third kappa shape index (κ3) is 3.75. The number of urea groups is 1. The molecule has 0 saturated carbocycles. The van der Waals surface area contributed by atoms with Crippen molar-refractivity contribution in [3.63, 3.8) is 0 Å². The molecule has 1 aromatic rings. The Morgan fingerprint density at radius 2 is 1.84 bits per heavy atom. The minimum Gasteiger partial charge on any atom is -0.480 e. The second-order valence-corrected chi connectivity index (χ2v) is 4.98. The van der Waals surface area contributed by atoms with Crippen LogP contribution in [-0.4, -0.2) is 22.6 Å². The molecule has 1 unspecified atom stereocenters. The van der Waals surface area contributed by atoms with E-state index in [4.69, 9.17) is 28.3 Å². The van der Waals surface area contributed by atoms with Crippen LogP contribution >= 0.6 is 23.2 Å². The molecule has 1 atom stereocenters. The molecule has 0 heterocycles. The Hall–Kier alpha value is -1.46. The molecule has 1 rings (SSSR count). The molecule has 19 heavy (non-hydrogen) atoms. The quantitative estimate of drug-likeness (QED) is 0.798. The Balaban J connectivity index is 2.84. The monoisotopic (exact) mass is 304 g/mol. The number of halogens is 2. The third-order valence-electron chi connectivity index (χ3n) is 2.77. The number of amides is 2. The van der Waals surface area contributed by atoms with Gasteiger partial charge in [0, 0.05) is 0 Å². The summed E-state index contributed by atoms with van der Waals surface area (Å²) in [5.41, 5.74) is -1.11. The lowest BCUT2D eigenvalue weighted by Gasteiger charge is -2.24. The van der Waals surface area contributed by atoms with Gasteiger partial charge in [0.1, 0.15) is 5.54 Å². The van der Waals surface area contributed by atoms with E-state index in [1.165, 1.54) is 6.92 Å².